The van der Waals surface area contributed by atoms with Gasteiger partial charge in [0.2, 0.25) is 6.29 Å². The third kappa shape index (κ3) is 8.51. The Morgan fingerprint density at radius 1 is 0.926 bits per heavy atom. The Bertz CT molecular complexity index is 516. The highest BCUT2D eigenvalue weighted by Crippen LogP contribution is 2.28. The molecular formula is C25H42O2. The molecule has 1 rings (SSSR count). The molecule has 3 unspecified atom stereocenters. The van der Waals surface area contributed by atoms with Gasteiger partial charge in [-0.1, -0.05) is 85.1 Å². The van der Waals surface area contributed by atoms with Crippen molar-refractivity contribution >= 4 is 0 Å². The van der Waals surface area contributed by atoms with Crippen molar-refractivity contribution in [2.45, 2.75) is 86.4 Å². The van der Waals surface area contributed by atoms with E-state index in [0.29, 0.717) is 17.8 Å². The first kappa shape index (κ1) is 23.8. The van der Waals surface area contributed by atoms with Crippen LogP contribution in [0.2, 0.25) is 0 Å². The van der Waals surface area contributed by atoms with Crippen LogP contribution in [0.5, 0.6) is 5.75 Å². The van der Waals surface area contributed by atoms with Gasteiger partial charge in [0, 0.05) is 11.8 Å². The van der Waals surface area contributed by atoms with E-state index in [-0.39, 0.29) is 6.29 Å². The summed E-state index contributed by atoms with van der Waals surface area (Å²) >= 11 is 0. The number of rotatable bonds is 13. The molecule has 1 aromatic carbocycles. The van der Waals surface area contributed by atoms with Gasteiger partial charge >= 0.3 is 0 Å². The minimum absolute atomic E-state index is 0.189. The Kier molecular flexibility index (Phi) is 11.4. The molecule has 0 aliphatic carbocycles. The lowest BCUT2D eigenvalue weighted by atomic mass is 9.88. The zero-order valence-electron chi connectivity index (χ0n) is 18.7. The molecule has 154 valence electrons. The van der Waals surface area contributed by atoms with Crippen LogP contribution in [0.3, 0.4) is 0 Å². The van der Waals surface area contributed by atoms with Gasteiger partial charge in [0.1, 0.15) is 5.75 Å². The number of ether oxygens (including phenoxy) is 2. The Hall–Kier alpha value is -1.28. The molecule has 0 amide bonds. The second kappa shape index (κ2) is 13.0. The predicted molar refractivity (Wildman–Crippen MR) is 117 cm³/mol. The highest BCUT2D eigenvalue weighted by molar-refractivity contribution is 5.32. The third-order valence-corrected chi connectivity index (χ3v) is 5.26. The van der Waals surface area contributed by atoms with Crippen molar-refractivity contribution in [3.63, 3.8) is 0 Å². The van der Waals surface area contributed by atoms with Gasteiger partial charge in [-0.05, 0) is 42.9 Å². The number of hydrogen-bond donors (Lipinski definition) is 0. The molecule has 0 aromatic heterocycles. The number of benzene rings is 1. The fraction of sp³-hybridized carbons (Fsp3) is 0.680. The van der Waals surface area contributed by atoms with E-state index in [2.05, 4.69) is 84.9 Å². The molecule has 0 aliphatic rings. The van der Waals surface area contributed by atoms with Crippen molar-refractivity contribution in [2.75, 3.05) is 6.61 Å². The van der Waals surface area contributed by atoms with Gasteiger partial charge in [-0.2, -0.15) is 0 Å². The lowest BCUT2D eigenvalue weighted by Gasteiger charge is -2.24. The Balaban J connectivity index is 2.66. The van der Waals surface area contributed by atoms with Crippen LogP contribution in [0.1, 0.15) is 85.6 Å². The number of hydrogen-bond acceptors (Lipinski definition) is 2. The van der Waals surface area contributed by atoms with E-state index in [1.165, 1.54) is 24.8 Å². The summed E-state index contributed by atoms with van der Waals surface area (Å²) in [7, 11) is 0. The van der Waals surface area contributed by atoms with Crippen LogP contribution in [0.25, 0.3) is 0 Å². The van der Waals surface area contributed by atoms with Crippen LogP contribution in [0.4, 0.5) is 0 Å². The molecule has 0 heterocycles. The molecule has 0 aliphatic heterocycles. The van der Waals surface area contributed by atoms with E-state index in [9.17, 15) is 0 Å². The number of allylic oxidation sites excluding steroid dienone is 2. The molecule has 0 bridgehead atoms. The highest BCUT2D eigenvalue weighted by Gasteiger charge is 2.18. The summed E-state index contributed by atoms with van der Waals surface area (Å²) in [6.45, 7) is 16.2. The van der Waals surface area contributed by atoms with Crippen molar-refractivity contribution in [1.29, 1.82) is 0 Å². The third-order valence-electron chi connectivity index (χ3n) is 5.26. The standard InChI is InChI=1S/C25H42O2/c1-8-11-21(10-3)17-18-26-25(20(6)7)27-23-15-13-22(14-16-23)24(12-9-2)19(4)5/h9,12-16,19-21,24-25H,8,10-11,17-18H2,1-7H3/b12-9-. The SMILES string of the molecule is C/C=C\C(c1ccc(OC(OCCC(CC)CCC)C(C)C)cc1)C(C)C. The molecule has 0 radical (unpaired) electrons. The van der Waals surface area contributed by atoms with Crippen LogP contribution in [-0.2, 0) is 4.74 Å². The van der Waals surface area contributed by atoms with Crippen molar-refractivity contribution < 1.29 is 9.47 Å². The quantitative estimate of drug-likeness (QED) is 0.261. The maximum absolute atomic E-state index is 6.17. The Morgan fingerprint density at radius 2 is 1.59 bits per heavy atom. The predicted octanol–water partition coefficient (Wildman–Crippen LogP) is 7.60. The molecule has 3 atom stereocenters. The van der Waals surface area contributed by atoms with Crippen LogP contribution in [0.15, 0.2) is 36.4 Å². The van der Waals surface area contributed by atoms with Crippen molar-refractivity contribution in [2.24, 2.45) is 17.8 Å². The molecule has 27 heavy (non-hydrogen) atoms. The van der Waals surface area contributed by atoms with Crippen LogP contribution in [0, 0.1) is 17.8 Å². The van der Waals surface area contributed by atoms with Crippen LogP contribution < -0.4 is 4.74 Å². The molecule has 2 nitrogen and oxygen atoms in total. The van der Waals surface area contributed by atoms with Crippen LogP contribution >= 0.6 is 0 Å². The Morgan fingerprint density at radius 3 is 2.07 bits per heavy atom. The topological polar surface area (TPSA) is 18.5 Å². The molecule has 0 saturated heterocycles. The van der Waals surface area contributed by atoms with E-state index in [4.69, 9.17) is 9.47 Å². The van der Waals surface area contributed by atoms with Crippen molar-refractivity contribution in [1.82, 2.24) is 0 Å². The molecule has 0 fully saturated rings. The minimum Gasteiger partial charge on any atom is -0.465 e. The summed E-state index contributed by atoms with van der Waals surface area (Å²) in [5.41, 5.74) is 1.34. The summed E-state index contributed by atoms with van der Waals surface area (Å²) in [6.07, 6.45) is 9.12. The molecule has 0 spiro atoms. The maximum atomic E-state index is 6.17. The summed E-state index contributed by atoms with van der Waals surface area (Å²) in [6, 6.07) is 8.54. The van der Waals surface area contributed by atoms with Gasteiger partial charge in [-0.15, -0.1) is 0 Å². The van der Waals surface area contributed by atoms with Gasteiger partial charge < -0.3 is 9.47 Å². The fourth-order valence-electron chi connectivity index (χ4n) is 3.50. The highest BCUT2D eigenvalue weighted by atomic mass is 16.7. The molecule has 2 heteroatoms. The lowest BCUT2D eigenvalue weighted by Crippen LogP contribution is -2.27. The molecule has 0 N–H and O–H groups in total. The van der Waals surface area contributed by atoms with Gasteiger partial charge in [-0.25, -0.2) is 0 Å². The zero-order chi connectivity index (χ0) is 20.2. The second-order valence-corrected chi connectivity index (χ2v) is 8.32. The lowest BCUT2D eigenvalue weighted by molar-refractivity contribution is -0.110. The first-order chi connectivity index (χ1) is 12.9. The largest absolute Gasteiger partial charge is 0.465 e. The van der Waals surface area contributed by atoms with Gasteiger partial charge in [0.25, 0.3) is 0 Å². The summed E-state index contributed by atoms with van der Waals surface area (Å²) < 4.78 is 12.3. The Labute approximate surface area is 168 Å². The summed E-state index contributed by atoms with van der Waals surface area (Å²) in [5, 5.41) is 0. The summed E-state index contributed by atoms with van der Waals surface area (Å²) in [5.74, 6) is 3.00. The average Bonchev–Trinajstić information content (AvgIpc) is 2.64. The molecular weight excluding hydrogens is 332 g/mol. The van der Waals surface area contributed by atoms with Crippen LogP contribution in [-0.4, -0.2) is 12.9 Å². The zero-order valence-corrected chi connectivity index (χ0v) is 18.7. The van der Waals surface area contributed by atoms with E-state index in [1.807, 2.05) is 0 Å². The first-order valence-electron chi connectivity index (χ1n) is 10.9. The maximum Gasteiger partial charge on any atom is 0.202 e. The monoisotopic (exact) mass is 374 g/mol. The summed E-state index contributed by atoms with van der Waals surface area (Å²) in [4.78, 5) is 0. The smallest absolute Gasteiger partial charge is 0.202 e. The van der Waals surface area contributed by atoms with E-state index < -0.39 is 0 Å². The van der Waals surface area contributed by atoms with E-state index in [1.54, 1.807) is 0 Å². The van der Waals surface area contributed by atoms with E-state index in [0.717, 1.165) is 24.7 Å². The van der Waals surface area contributed by atoms with Gasteiger partial charge in [0.05, 0.1) is 6.61 Å². The molecule has 0 saturated carbocycles. The van der Waals surface area contributed by atoms with E-state index >= 15 is 0 Å². The van der Waals surface area contributed by atoms with Crippen molar-refractivity contribution in [3.05, 3.63) is 42.0 Å². The fourth-order valence-corrected chi connectivity index (χ4v) is 3.50. The van der Waals surface area contributed by atoms with Gasteiger partial charge in [0.15, 0.2) is 0 Å². The average molecular weight is 375 g/mol. The molecule has 1 aromatic rings. The normalized spacial score (nSPS) is 15.4. The minimum atomic E-state index is -0.189. The first-order valence-corrected chi connectivity index (χ1v) is 10.9. The van der Waals surface area contributed by atoms with Crippen molar-refractivity contribution in [3.8, 4) is 5.75 Å². The second-order valence-electron chi connectivity index (χ2n) is 8.32. The van der Waals surface area contributed by atoms with Gasteiger partial charge in [-0.3, -0.25) is 0 Å².